The van der Waals surface area contributed by atoms with Crippen molar-refractivity contribution in [3.8, 4) is 17.1 Å². The summed E-state index contributed by atoms with van der Waals surface area (Å²) in [5.41, 5.74) is 2.61. The van der Waals surface area contributed by atoms with E-state index in [0.29, 0.717) is 47.8 Å². The first-order valence-corrected chi connectivity index (χ1v) is 9.36. The normalized spacial score (nSPS) is 11.0. The van der Waals surface area contributed by atoms with Gasteiger partial charge in [0.1, 0.15) is 11.6 Å². The number of carbonyl (C=O) groups is 1. The van der Waals surface area contributed by atoms with Crippen LogP contribution in [0.1, 0.15) is 45.4 Å². The van der Waals surface area contributed by atoms with E-state index < -0.39 is 0 Å². The van der Waals surface area contributed by atoms with Crippen molar-refractivity contribution < 1.29 is 9.53 Å². The number of rotatable bonds is 8. The number of hydrogen-bond donors (Lipinski definition) is 2. The highest BCUT2D eigenvalue weighted by atomic mass is 16.5. The molecule has 0 spiro atoms. The lowest BCUT2D eigenvalue weighted by molar-refractivity contribution is -0.111. The quantitative estimate of drug-likeness (QED) is 0.692. The second-order valence-corrected chi connectivity index (χ2v) is 6.10. The van der Waals surface area contributed by atoms with E-state index >= 15 is 0 Å². The lowest BCUT2D eigenvalue weighted by Crippen LogP contribution is -2.18. The van der Waals surface area contributed by atoms with Crippen LogP contribution in [0, 0.1) is 0 Å². The number of H-pyrrole nitrogens is 1. The maximum Gasteiger partial charge on any atom is 0.254 e. The molecule has 1 aromatic heterocycles. The smallest absolute Gasteiger partial charge is 0.254 e. The van der Waals surface area contributed by atoms with Crippen molar-refractivity contribution in [2.45, 2.75) is 47.0 Å². The van der Waals surface area contributed by atoms with E-state index in [2.05, 4.69) is 15.3 Å². The molecule has 2 rings (SSSR count). The minimum atomic E-state index is -0.220. The number of carbonyl (C=O) groups excluding carboxylic acids is 1. The Labute approximate surface area is 159 Å². The second-order valence-electron chi connectivity index (χ2n) is 6.10. The van der Waals surface area contributed by atoms with Gasteiger partial charge in [0.15, 0.2) is 0 Å². The van der Waals surface area contributed by atoms with Gasteiger partial charge in [0.25, 0.3) is 5.56 Å². The number of nitrogens with one attached hydrogen (secondary N) is 2. The van der Waals surface area contributed by atoms with Gasteiger partial charge >= 0.3 is 0 Å². The Morgan fingerprint density at radius 2 is 2.04 bits per heavy atom. The molecule has 0 unspecified atom stereocenters. The van der Waals surface area contributed by atoms with Crippen molar-refractivity contribution in [3.05, 3.63) is 52.0 Å². The van der Waals surface area contributed by atoms with Crippen LogP contribution in [0.25, 0.3) is 11.4 Å². The van der Waals surface area contributed by atoms with Crippen LogP contribution in [0.15, 0.2) is 35.1 Å². The molecule has 0 saturated carbocycles. The first-order chi connectivity index (χ1) is 13.0. The molecule has 27 heavy (non-hydrogen) atoms. The van der Waals surface area contributed by atoms with Crippen LogP contribution in [0.5, 0.6) is 5.75 Å². The molecule has 0 atom stereocenters. The van der Waals surface area contributed by atoms with Crippen LogP contribution in [0.3, 0.4) is 0 Å². The van der Waals surface area contributed by atoms with Gasteiger partial charge in [-0.25, -0.2) is 4.98 Å². The summed E-state index contributed by atoms with van der Waals surface area (Å²) in [5.74, 6) is 0.848. The minimum absolute atomic E-state index is 0.135. The van der Waals surface area contributed by atoms with E-state index in [1.807, 2.05) is 20.8 Å². The van der Waals surface area contributed by atoms with E-state index in [1.54, 1.807) is 31.2 Å². The standard InChI is InChI=1S/C21H27N3O3/c1-5-9-19(25)22-14-10-11-18(27-12-6-2)16(13-14)20-23-17(8-4)15(7-3)21(26)24-20/h5,9-11,13H,6-8,12H2,1-4H3,(H,22,25)(H,23,24,26). The van der Waals surface area contributed by atoms with Crippen LogP contribution in [0.2, 0.25) is 0 Å². The fourth-order valence-electron chi connectivity index (χ4n) is 2.80. The van der Waals surface area contributed by atoms with Crippen LogP contribution in [0.4, 0.5) is 5.69 Å². The van der Waals surface area contributed by atoms with Crippen molar-refractivity contribution in [1.29, 1.82) is 0 Å². The second kappa shape index (κ2) is 9.71. The fourth-order valence-corrected chi connectivity index (χ4v) is 2.80. The monoisotopic (exact) mass is 369 g/mol. The summed E-state index contributed by atoms with van der Waals surface area (Å²) in [7, 11) is 0. The number of allylic oxidation sites excluding steroid dienone is 1. The van der Waals surface area contributed by atoms with Gasteiger partial charge in [-0.3, -0.25) is 9.59 Å². The van der Waals surface area contributed by atoms with Gasteiger partial charge in [-0.2, -0.15) is 0 Å². The Bertz CT molecular complexity index is 885. The molecule has 0 aliphatic heterocycles. The Kier molecular flexibility index (Phi) is 7.34. The number of hydrogen-bond acceptors (Lipinski definition) is 4. The summed E-state index contributed by atoms with van der Waals surface area (Å²) in [6.45, 7) is 8.28. The molecule has 0 radical (unpaired) electrons. The van der Waals surface area contributed by atoms with E-state index in [-0.39, 0.29) is 11.5 Å². The first kappa shape index (κ1) is 20.4. The van der Waals surface area contributed by atoms with E-state index in [4.69, 9.17) is 4.74 Å². The number of aryl methyl sites for hydroxylation is 1. The predicted octanol–water partition coefficient (Wildman–Crippen LogP) is 3.87. The zero-order valence-corrected chi connectivity index (χ0v) is 16.4. The molecule has 144 valence electrons. The van der Waals surface area contributed by atoms with Crippen molar-refractivity contribution in [2.75, 3.05) is 11.9 Å². The Balaban J connectivity index is 2.55. The van der Waals surface area contributed by atoms with Gasteiger partial charge in [0.2, 0.25) is 5.91 Å². The average molecular weight is 369 g/mol. The summed E-state index contributed by atoms with van der Waals surface area (Å²) in [4.78, 5) is 31.9. The number of amides is 1. The van der Waals surface area contributed by atoms with Crippen molar-refractivity contribution in [2.24, 2.45) is 0 Å². The molecular formula is C21H27N3O3. The van der Waals surface area contributed by atoms with E-state index in [1.165, 1.54) is 6.08 Å². The fraction of sp³-hybridized carbons (Fsp3) is 0.381. The van der Waals surface area contributed by atoms with Crippen LogP contribution >= 0.6 is 0 Å². The summed E-state index contributed by atoms with van der Waals surface area (Å²) in [6, 6.07) is 5.33. The van der Waals surface area contributed by atoms with Crippen molar-refractivity contribution in [3.63, 3.8) is 0 Å². The molecule has 0 aliphatic carbocycles. The summed E-state index contributed by atoms with van der Waals surface area (Å²) in [6.07, 6.45) is 5.28. The predicted molar refractivity (Wildman–Crippen MR) is 108 cm³/mol. The molecule has 0 aliphatic rings. The summed E-state index contributed by atoms with van der Waals surface area (Å²) >= 11 is 0. The molecule has 2 aromatic rings. The van der Waals surface area contributed by atoms with Gasteiger partial charge in [0, 0.05) is 11.3 Å². The molecule has 1 heterocycles. The molecule has 6 heteroatoms. The molecule has 6 nitrogen and oxygen atoms in total. The largest absolute Gasteiger partial charge is 0.493 e. The number of benzene rings is 1. The molecule has 0 bridgehead atoms. The molecular weight excluding hydrogens is 342 g/mol. The van der Waals surface area contributed by atoms with Gasteiger partial charge < -0.3 is 15.0 Å². The number of anilines is 1. The average Bonchev–Trinajstić information content (AvgIpc) is 2.66. The highest BCUT2D eigenvalue weighted by Crippen LogP contribution is 2.31. The van der Waals surface area contributed by atoms with Gasteiger partial charge in [-0.15, -0.1) is 0 Å². The topological polar surface area (TPSA) is 84.1 Å². The maximum absolute atomic E-state index is 12.5. The number of aromatic amines is 1. The lowest BCUT2D eigenvalue weighted by atomic mass is 10.1. The molecule has 2 N–H and O–H groups in total. The molecule has 0 saturated heterocycles. The highest BCUT2D eigenvalue weighted by Gasteiger charge is 2.15. The van der Waals surface area contributed by atoms with Crippen molar-refractivity contribution in [1.82, 2.24) is 9.97 Å². The number of nitrogens with zero attached hydrogens (tertiary/aromatic N) is 1. The third-order valence-electron chi connectivity index (χ3n) is 4.07. The third kappa shape index (κ3) is 5.06. The van der Waals surface area contributed by atoms with Gasteiger partial charge in [-0.1, -0.05) is 26.8 Å². The van der Waals surface area contributed by atoms with Crippen molar-refractivity contribution >= 4 is 11.6 Å². The van der Waals surface area contributed by atoms with Gasteiger partial charge in [0.05, 0.1) is 17.9 Å². The van der Waals surface area contributed by atoms with Crippen LogP contribution in [-0.2, 0) is 17.6 Å². The van der Waals surface area contributed by atoms with E-state index in [9.17, 15) is 9.59 Å². The molecule has 1 amide bonds. The zero-order chi connectivity index (χ0) is 19.8. The third-order valence-corrected chi connectivity index (χ3v) is 4.07. The lowest BCUT2D eigenvalue weighted by Gasteiger charge is -2.14. The van der Waals surface area contributed by atoms with Crippen LogP contribution < -0.4 is 15.6 Å². The Morgan fingerprint density at radius 3 is 2.67 bits per heavy atom. The SMILES string of the molecule is CC=CC(=O)Nc1ccc(OCCC)c(-c2nc(CC)c(CC)c(=O)[nH]2)c1. The Hall–Kier alpha value is -2.89. The Morgan fingerprint density at radius 1 is 1.26 bits per heavy atom. The van der Waals surface area contributed by atoms with Gasteiger partial charge in [-0.05, 0) is 50.5 Å². The molecule has 0 fully saturated rings. The highest BCUT2D eigenvalue weighted by molar-refractivity contribution is 5.99. The summed E-state index contributed by atoms with van der Waals surface area (Å²) in [5, 5.41) is 2.80. The number of aromatic nitrogens is 2. The summed E-state index contributed by atoms with van der Waals surface area (Å²) < 4.78 is 5.83. The first-order valence-electron chi connectivity index (χ1n) is 9.36. The van der Waals surface area contributed by atoms with Crippen LogP contribution in [-0.4, -0.2) is 22.5 Å². The van der Waals surface area contributed by atoms with E-state index in [0.717, 1.165) is 12.1 Å². The zero-order valence-electron chi connectivity index (χ0n) is 16.4. The number of ether oxygens (including phenoxy) is 1. The minimum Gasteiger partial charge on any atom is -0.493 e. The molecule has 1 aromatic carbocycles. The maximum atomic E-state index is 12.5.